The summed E-state index contributed by atoms with van der Waals surface area (Å²) >= 11 is 3.97. The Balaban J connectivity index is 5.15. The first-order chi connectivity index (χ1) is 14.8. The lowest BCUT2D eigenvalue weighted by atomic mass is 10.1. The molecule has 0 aromatic carbocycles. The average Bonchev–Trinajstić information content (AvgIpc) is 2.70. The molecule has 0 rings (SSSR count). The number of hydrogen-bond donors (Lipinski definition) is 10. The van der Waals surface area contributed by atoms with Gasteiger partial charge in [0.25, 0.3) is 0 Å². The van der Waals surface area contributed by atoms with E-state index in [1.54, 1.807) is 0 Å². The van der Waals surface area contributed by atoms with E-state index in [1.165, 1.54) is 13.8 Å². The molecule has 0 aromatic heterocycles. The van der Waals surface area contributed by atoms with Crippen LogP contribution in [0.4, 0.5) is 0 Å². The van der Waals surface area contributed by atoms with Crippen molar-refractivity contribution in [1.82, 2.24) is 16.0 Å². The molecule has 14 nitrogen and oxygen atoms in total. The molecule has 0 saturated carbocycles. The Labute approximate surface area is 190 Å². The summed E-state index contributed by atoms with van der Waals surface area (Å²) in [4.78, 5) is 52.1. The van der Waals surface area contributed by atoms with Crippen molar-refractivity contribution in [2.75, 3.05) is 12.3 Å². The molecule has 0 fully saturated rings. The van der Waals surface area contributed by atoms with Crippen molar-refractivity contribution >= 4 is 42.3 Å². The highest BCUT2D eigenvalue weighted by atomic mass is 32.1. The normalized spacial score (nSPS) is 16.4. The first-order valence-electron chi connectivity index (χ1n) is 9.73. The standard InChI is InChI=1S/C17H33N7O7S/c1-7(25)11(18)14(28)23-10(6-32)13(27)24-12(8(2)26)15(29)22-9(16(30)31)4-3-5-21-17(19)20/h7-12,25-26,32H,3-6,18H2,1-2H3,(H,22,29)(H,23,28)(H,24,27)(H,30,31)(H4,19,20,21). The highest BCUT2D eigenvalue weighted by molar-refractivity contribution is 7.80. The van der Waals surface area contributed by atoms with Crippen molar-refractivity contribution in [3.05, 3.63) is 0 Å². The van der Waals surface area contributed by atoms with Crippen LogP contribution in [0, 0.1) is 0 Å². The molecular formula is C17H33N7O7S. The van der Waals surface area contributed by atoms with E-state index >= 15 is 0 Å². The predicted octanol–water partition coefficient (Wildman–Crippen LogP) is -4.40. The van der Waals surface area contributed by atoms with Crippen LogP contribution in [0.5, 0.6) is 0 Å². The molecule has 0 bridgehead atoms. The highest BCUT2D eigenvalue weighted by Gasteiger charge is 2.32. The van der Waals surface area contributed by atoms with Gasteiger partial charge in [0.2, 0.25) is 17.7 Å². The number of nitrogens with one attached hydrogen (secondary N) is 3. The maximum absolute atomic E-state index is 12.5. The third-order valence-electron chi connectivity index (χ3n) is 4.26. The molecule has 0 spiro atoms. The van der Waals surface area contributed by atoms with Crippen LogP contribution in [0.25, 0.3) is 0 Å². The van der Waals surface area contributed by atoms with Gasteiger partial charge in [0.1, 0.15) is 24.2 Å². The van der Waals surface area contributed by atoms with Gasteiger partial charge >= 0.3 is 5.97 Å². The minimum atomic E-state index is -1.52. The maximum atomic E-state index is 12.5. The van der Waals surface area contributed by atoms with Gasteiger partial charge in [0, 0.05) is 12.3 Å². The van der Waals surface area contributed by atoms with E-state index in [0.717, 1.165) is 0 Å². The Bertz CT molecular complexity index is 686. The third-order valence-corrected chi connectivity index (χ3v) is 4.63. The van der Waals surface area contributed by atoms with Crippen molar-refractivity contribution in [3.63, 3.8) is 0 Å². The Morgan fingerprint density at radius 1 is 0.938 bits per heavy atom. The van der Waals surface area contributed by atoms with Gasteiger partial charge in [0.15, 0.2) is 5.96 Å². The molecule has 0 aliphatic rings. The molecule has 0 aliphatic carbocycles. The van der Waals surface area contributed by atoms with Crippen molar-refractivity contribution in [2.45, 2.75) is 63.1 Å². The summed E-state index contributed by atoms with van der Waals surface area (Å²) < 4.78 is 0. The van der Waals surface area contributed by atoms with E-state index in [-0.39, 0.29) is 31.1 Å². The molecule has 12 N–H and O–H groups in total. The molecule has 184 valence electrons. The second-order valence-electron chi connectivity index (χ2n) is 7.09. The van der Waals surface area contributed by atoms with Gasteiger partial charge in [0.05, 0.1) is 12.2 Å². The number of rotatable bonds is 14. The van der Waals surface area contributed by atoms with Crippen LogP contribution in [-0.2, 0) is 19.2 Å². The molecule has 6 unspecified atom stereocenters. The number of nitrogens with zero attached hydrogens (tertiary/aromatic N) is 1. The third kappa shape index (κ3) is 10.6. The van der Waals surface area contributed by atoms with E-state index in [1.807, 2.05) is 0 Å². The molecular weight excluding hydrogens is 446 g/mol. The van der Waals surface area contributed by atoms with Crippen LogP contribution in [0.3, 0.4) is 0 Å². The zero-order chi connectivity index (χ0) is 25.0. The fraction of sp³-hybridized carbons (Fsp3) is 0.706. The number of aliphatic carboxylic acids is 1. The number of carbonyl (C=O) groups excluding carboxylic acids is 3. The number of carboxylic acid groups (broad SMARTS) is 1. The van der Waals surface area contributed by atoms with Crippen LogP contribution >= 0.6 is 12.6 Å². The second kappa shape index (κ2) is 14.4. The topological polar surface area (TPSA) is 255 Å². The smallest absolute Gasteiger partial charge is 0.326 e. The number of carbonyl (C=O) groups is 4. The number of amides is 3. The van der Waals surface area contributed by atoms with Crippen molar-refractivity contribution in [3.8, 4) is 0 Å². The number of guanidine groups is 1. The summed E-state index contributed by atoms with van der Waals surface area (Å²) in [5, 5.41) is 35.4. The SMILES string of the molecule is CC(O)C(N)C(=O)NC(CS)C(=O)NC(C(=O)NC(CCCN=C(N)N)C(=O)O)C(C)O. The number of aliphatic hydroxyl groups excluding tert-OH is 2. The number of nitrogens with two attached hydrogens (primary N) is 3. The zero-order valence-electron chi connectivity index (χ0n) is 17.9. The summed E-state index contributed by atoms with van der Waals surface area (Å²) in [5.41, 5.74) is 15.9. The van der Waals surface area contributed by atoms with Crippen molar-refractivity contribution in [2.24, 2.45) is 22.2 Å². The van der Waals surface area contributed by atoms with E-state index in [4.69, 9.17) is 17.2 Å². The van der Waals surface area contributed by atoms with E-state index in [2.05, 4.69) is 33.6 Å². The predicted molar refractivity (Wildman–Crippen MR) is 119 cm³/mol. The summed E-state index contributed by atoms with van der Waals surface area (Å²) in [7, 11) is 0. The van der Waals surface area contributed by atoms with Gasteiger partial charge in [-0.1, -0.05) is 0 Å². The number of aliphatic hydroxyl groups is 2. The van der Waals surface area contributed by atoms with Crippen LogP contribution in [0.1, 0.15) is 26.7 Å². The second-order valence-corrected chi connectivity index (χ2v) is 7.45. The van der Waals surface area contributed by atoms with Crippen molar-refractivity contribution < 1.29 is 34.5 Å². The molecule has 3 amide bonds. The number of carboxylic acids is 1. The Morgan fingerprint density at radius 3 is 1.94 bits per heavy atom. The molecule has 15 heteroatoms. The van der Waals surface area contributed by atoms with Crippen LogP contribution < -0.4 is 33.2 Å². The number of thiol groups is 1. The van der Waals surface area contributed by atoms with Gasteiger partial charge < -0.3 is 48.5 Å². The average molecular weight is 480 g/mol. The molecule has 0 aromatic rings. The molecule has 0 saturated heterocycles. The molecule has 0 radical (unpaired) electrons. The van der Waals surface area contributed by atoms with Gasteiger partial charge in [-0.05, 0) is 26.7 Å². The fourth-order valence-corrected chi connectivity index (χ4v) is 2.62. The Hall–Kier alpha value is -2.62. The first kappa shape index (κ1) is 29.4. The van der Waals surface area contributed by atoms with Crippen LogP contribution in [0.2, 0.25) is 0 Å². The van der Waals surface area contributed by atoms with E-state index < -0.39 is 60.1 Å². The lowest BCUT2D eigenvalue weighted by Gasteiger charge is -2.26. The maximum Gasteiger partial charge on any atom is 0.326 e. The number of aliphatic imine (C=N–C) groups is 1. The van der Waals surface area contributed by atoms with Gasteiger partial charge in [-0.2, -0.15) is 12.6 Å². The van der Waals surface area contributed by atoms with Gasteiger partial charge in [-0.15, -0.1) is 0 Å². The Kier molecular flexibility index (Phi) is 13.3. The number of hydrogen-bond acceptors (Lipinski definition) is 9. The van der Waals surface area contributed by atoms with Crippen molar-refractivity contribution in [1.29, 1.82) is 0 Å². The lowest BCUT2D eigenvalue weighted by Crippen LogP contribution is -2.60. The Morgan fingerprint density at radius 2 is 1.50 bits per heavy atom. The first-order valence-corrected chi connectivity index (χ1v) is 10.4. The molecule has 6 atom stereocenters. The summed E-state index contributed by atoms with van der Waals surface area (Å²) in [6, 6.07) is -5.37. The van der Waals surface area contributed by atoms with Gasteiger partial charge in [-0.25, -0.2) is 4.79 Å². The van der Waals surface area contributed by atoms with Crippen LogP contribution in [-0.4, -0.2) is 93.6 Å². The van der Waals surface area contributed by atoms with E-state index in [9.17, 15) is 34.5 Å². The summed E-state index contributed by atoms with van der Waals surface area (Å²) in [6.07, 6.45) is -2.33. The summed E-state index contributed by atoms with van der Waals surface area (Å²) in [5.74, 6) is -4.30. The minimum Gasteiger partial charge on any atom is -0.480 e. The summed E-state index contributed by atoms with van der Waals surface area (Å²) in [6.45, 7) is 2.66. The monoisotopic (exact) mass is 479 g/mol. The molecule has 0 heterocycles. The van der Waals surface area contributed by atoms with E-state index in [0.29, 0.717) is 0 Å². The highest BCUT2D eigenvalue weighted by Crippen LogP contribution is 2.03. The fourth-order valence-electron chi connectivity index (χ4n) is 2.36. The van der Waals surface area contributed by atoms with Gasteiger partial charge in [-0.3, -0.25) is 19.4 Å². The quantitative estimate of drug-likeness (QED) is 0.0495. The minimum absolute atomic E-state index is 0.00904. The van der Waals surface area contributed by atoms with Crippen LogP contribution in [0.15, 0.2) is 4.99 Å². The molecule has 32 heavy (non-hydrogen) atoms. The largest absolute Gasteiger partial charge is 0.480 e. The zero-order valence-corrected chi connectivity index (χ0v) is 18.8. The molecule has 0 aliphatic heterocycles. The lowest BCUT2D eigenvalue weighted by molar-refractivity contribution is -0.143.